The van der Waals surface area contributed by atoms with E-state index >= 15 is 0 Å². The summed E-state index contributed by atoms with van der Waals surface area (Å²) < 4.78 is 2.54. The normalized spacial score (nSPS) is 14.3. The first-order valence-corrected chi connectivity index (χ1v) is 21.2. The van der Waals surface area contributed by atoms with Gasteiger partial charge < -0.3 is 9.47 Å². The summed E-state index contributed by atoms with van der Waals surface area (Å²) in [5, 5.41) is 5.08. The minimum atomic E-state index is -0.246. The highest BCUT2D eigenvalue weighted by Gasteiger charge is 2.39. The fraction of sp³-hybridized carbons (Fsp3) is 0.103. The fourth-order valence-electron chi connectivity index (χ4n) is 10.9. The zero-order valence-corrected chi connectivity index (χ0v) is 34.4. The van der Waals surface area contributed by atoms with Crippen molar-refractivity contribution >= 4 is 49.6 Å². The summed E-state index contributed by atoms with van der Waals surface area (Å²) in [4.78, 5) is 2.50. The van der Waals surface area contributed by atoms with Crippen molar-refractivity contribution in [3.05, 3.63) is 216 Å². The Hall–Kier alpha value is -7.16. The molecule has 12 rings (SSSR count). The molecule has 9 aromatic carbocycles. The molecule has 286 valence electrons. The summed E-state index contributed by atoms with van der Waals surface area (Å²) in [5.74, 6) is 0. The third-order valence-electron chi connectivity index (χ3n) is 13.8. The molecular formula is C58H44N2. The molecular weight excluding hydrogens is 725 g/mol. The van der Waals surface area contributed by atoms with Crippen LogP contribution in [0.2, 0.25) is 0 Å². The lowest BCUT2D eigenvalue weighted by molar-refractivity contribution is 0.660. The Morgan fingerprint density at radius 1 is 0.400 bits per heavy atom. The van der Waals surface area contributed by atoms with Gasteiger partial charge in [-0.2, -0.15) is 0 Å². The van der Waals surface area contributed by atoms with Crippen molar-refractivity contribution in [3.63, 3.8) is 0 Å². The summed E-state index contributed by atoms with van der Waals surface area (Å²) in [5.41, 5.74) is 19.9. The van der Waals surface area contributed by atoms with Gasteiger partial charge in [-0.15, -0.1) is 0 Å². The second-order valence-electron chi connectivity index (χ2n) is 17.7. The molecule has 10 aromatic rings. The maximum Gasteiger partial charge on any atom is 0.0619 e. The smallest absolute Gasteiger partial charge is 0.0619 e. The van der Waals surface area contributed by atoms with Crippen molar-refractivity contribution in [2.45, 2.75) is 38.5 Å². The molecule has 1 heterocycles. The van der Waals surface area contributed by atoms with Crippen LogP contribution in [0, 0.1) is 0 Å². The van der Waals surface area contributed by atoms with E-state index in [-0.39, 0.29) is 10.8 Å². The molecule has 1 aromatic heterocycles. The maximum absolute atomic E-state index is 2.54. The quantitative estimate of drug-likeness (QED) is 0.169. The maximum atomic E-state index is 2.54. The Kier molecular flexibility index (Phi) is 7.36. The van der Waals surface area contributed by atoms with Gasteiger partial charge in [0.15, 0.2) is 0 Å². The summed E-state index contributed by atoms with van der Waals surface area (Å²) in [7, 11) is 0. The molecule has 0 saturated carbocycles. The molecule has 2 nitrogen and oxygen atoms in total. The van der Waals surface area contributed by atoms with Crippen molar-refractivity contribution in [2.75, 3.05) is 4.90 Å². The van der Waals surface area contributed by atoms with Gasteiger partial charge in [-0.05, 0) is 92.4 Å². The minimum absolute atomic E-state index is 0.122. The van der Waals surface area contributed by atoms with Crippen molar-refractivity contribution in [3.8, 4) is 39.1 Å². The molecule has 0 aliphatic heterocycles. The topological polar surface area (TPSA) is 8.17 Å². The van der Waals surface area contributed by atoms with E-state index < -0.39 is 0 Å². The number of para-hydroxylation sites is 2. The van der Waals surface area contributed by atoms with E-state index in [9.17, 15) is 0 Å². The lowest BCUT2D eigenvalue weighted by Crippen LogP contribution is -2.18. The van der Waals surface area contributed by atoms with Crippen LogP contribution < -0.4 is 4.90 Å². The number of hydrogen-bond donors (Lipinski definition) is 0. The largest absolute Gasteiger partial charge is 0.310 e. The van der Waals surface area contributed by atoms with E-state index in [1.165, 1.54) is 93.9 Å². The molecule has 0 amide bonds. The van der Waals surface area contributed by atoms with E-state index in [1.807, 2.05) is 0 Å². The Morgan fingerprint density at radius 2 is 1.00 bits per heavy atom. The Balaban J connectivity index is 1.09. The van der Waals surface area contributed by atoms with Crippen LogP contribution in [-0.4, -0.2) is 4.57 Å². The van der Waals surface area contributed by atoms with Gasteiger partial charge in [0.05, 0.1) is 22.4 Å². The monoisotopic (exact) mass is 768 g/mol. The second-order valence-corrected chi connectivity index (χ2v) is 17.7. The molecule has 0 atom stereocenters. The highest BCUT2D eigenvalue weighted by molar-refractivity contribution is 6.19. The van der Waals surface area contributed by atoms with Crippen LogP contribution in [0.3, 0.4) is 0 Å². The van der Waals surface area contributed by atoms with Gasteiger partial charge >= 0.3 is 0 Å². The van der Waals surface area contributed by atoms with E-state index in [0.29, 0.717) is 0 Å². The van der Waals surface area contributed by atoms with Crippen LogP contribution in [0.25, 0.3) is 71.6 Å². The predicted octanol–water partition coefficient (Wildman–Crippen LogP) is 15.7. The van der Waals surface area contributed by atoms with Crippen LogP contribution in [0.15, 0.2) is 194 Å². The van der Waals surface area contributed by atoms with Crippen LogP contribution in [0.5, 0.6) is 0 Å². The highest BCUT2D eigenvalue weighted by Crippen LogP contribution is 2.55. The van der Waals surface area contributed by atoms with Crippen LogP contribution in [0.4, 0.5) is 17.1 Å². The standard InChI is InChI=1S/C58H44N2/c1-57(2)48-24-13-10-22-43(48)44-33-30-39(35-50(44)57)59(52-26-14-11-20-41(52)37-17-6-5-7-18-37)40-31-34-47-51(36-40)58(3,4)49-25-16-28-54(55(47)49)60-53-27-15-12-23-45(53)46-32-29-38-19-8-9-21-42(38)56(46)60/h5-36H,1-4H3. The third-order valence-corrected chi connectivity index (χ3v) is 13.8. The van der Waals surface area contributed by atoms with Crippen molar-refractivity contribution in [2.24, 2.45) is 0 Å². The molecule has 0 saturated heterocycles. The number of nitrogens with zero attached hydrogens (tertiary/aromatic N) is 2. The average Bonchev–Trinajstić information content (AvgIpc) is 3.84. The summed E-state index contributed by atoms with van der Waals surface area (Å²) in [6, 6.07) is 72.3. The molecule has 60 heavy (non-hydrogen) atoms. The first-order chi connectivity index (χ1) is 29.3. The number of anilines is 3. The minimum Gasteiger partial charge on any atom is -0.310 e. The van der Waals surface area contributed by atoms with E-state index in [2.05, 4.69) is 231 Å². The molecule has 0 unspecified atom stereocenters. The number of aromatic nitrogens is 1. The highest BCUT2D eigenvalue weighted by atomic mass is 15.1. The van der Waals surface area contributed by atoms with Crippen molar-refractivity contribution in [1.29, 1.82) is 0 Å². The zero-order valence-electron chi connectivity index (χ0n) is 34.4. The van der Waals surface area contributed by atoms with Crippen molar-refractivity contribution in [1.82, 2.24) is 4.57 Å². The van der Waals surface area contributed by atoms with Crippen LogP contribution in [-0.2, 0) is 10.8 Å². The van der Waals surface area contributed by atoms with Gasteiger partial charge in [0.2, 0.25) is 0 Å². The SMILES string of the molecule is CC1(C)c2ccccc2-c2ccc(N(c3ccc4c(c3)C(C)(C)c3cccc(-n5c6ccccc6c6ccc7ccccc7c65)c3-4)c3ccccc3-c3ccccc3)cc21. The van der Waals surface area contributed by atoms with Crippen LogP contribution in [0.1, 0.15) is 49.9 Å². The number of fused-ring (bicyclic) bond motifs is 11. The third kappa shape index (κ3) is 4.82. The fourth-order valence-corrected chi connectivity index (χ4v) is 10.9. The Bertz CT molecular complexity index is 3380. The lowest BCUT2D eigenvalue weighted by atomic mass is 9.82. The second kappa shape index (κ2) is 12.7. The Morgan fingerprint density at radius 3 is 1.82 bits per heavy atom. The van der Waals surface area contributed by atoms with Crippen molar-refractivity contribution < 1.29 is 0 Å². The number of hydrogen-bond acceptors (Lipinski definition) is 1. The first-order valence-electron chi connectivity index (χ1n) is 21.2. The predicted molar refractivity (Wildman–Crippen MR) is 254 cm³/mol. The lowest BCUT2D eigenvalue weighted by Gasteiger charge is -2.31. The number of rotatable bonds is 5. The van der Waals surface area contributed by atoms with Gasteiger partial charge in [-0.1, -0.05) is 179 Å². The van der Waals surface area contributed by atoms with Gasteiger partial charge in [-0.3, -0.25) is 0 Å². The molecule has 2 heteroatoms. The summed E-state index contributed by atoms with van der Waals surface area (Å²) >= 11 is 0. The van der Waals surface area contributed by atoms with Gasteiger partial charge in [0.1, 0.15) is 0 Å². The van der Waals surface area contributed by atoms with E-state index in [4.69, 9.17) is 0 Å². The Labute approximate surface area is 351 Å². The molecule has 0 N–H and O–H groups in total. The van der Waals surface area contributed by atoms with Crippen LogP contribution >= 0.6 is 0 Å². The van der Waals surface area contributed by atoms with Gasteiger partial charge in [0.25, 0.3) is 0 Å². The molecule has 0 spiro atoms. The van der Waals surface area contributed by atoms with Gasteiger partial charge in [0, 0.05) is 49.5 Å². The molecule has 0 fully saturated rings. The average molecular weight is 769 g/mol. The zero-order chi connectivity index (χ0) is 40.3. The molecule has 2 aliphatic rings. The molecule has 2 aliphatic carbocycles. The molecule has 0 radical (unpaired) electrons. The number of benzene rings is 9. The summed E-state index contributed by atoms with van der Waals surface area (Å²) in [6.07, 6.45) is 0. The summed E-state index contributed by atoms with van der Waals surface area (Å²) in [6.45, 7) is 9.56. The molecule has 0 bridgehead atoms. The first kappa shape index (κ1) is 34.8. The van der Waals surface area contributed by atoms with Gasteiger partial charge in [-0.25, -0.2) is 0 Å². The van der Waals surface area contributed by atoms with E-state index in [0.717, 1.165) is 17.1 Å². The van der Waals surface area contributed by atoms with E-state index in [1.54, 1.807) is 0 Å².